The zero-order chi connectivity index (χ0) is 14.7. The lowest BCUT2D eigenvalue weighted by Crippen LogP contribution is -2.33. The molecule has 1 aromatic carbocycles. The van der Waals surface area contributed by atoms with Crippen LogP contribution in [0.25, 0.3) is 0 Å². The molecule has 0 saturated heterocycles. The number of fused-ring (bicyclic) bond motifs is 2. The van der Waals surface area contributed by atoms with Gasteiger partial charge in [-0.15, -0.1) is 0 Å². The van der Waals surface area contributed by atoms with E-state index in [2.05, 4.69) is 0 Å². The second-order valence-corrected chi connectivity index (χ2v) is 6.62. The summed E-state index contributed by atoms with van der Waals surface area (Å²) < 4.78 is 5.65. The van der Waals surface area contributed by atoms with Crippen LogP contribution < -0.4 is 4.74 Å². The van der Waals surface area contributed by atoms with Gasteiger partial charge in [-0.05, 0) is 49.1 Å². The van der Waals surface area contributed by atoms with Crippen molar-refractivity contribution in [3.05, 3.63) is 30.3 Å². The van der Waals surface area contributed by atoms with Crippen LogP contribution >= 0.6 is 0 Å². The van der Waals surface area contributed by atoms with Gasteiger partial charge in [-0.2, -0.15) is 0 Å². The molecule has 0 radical (unpaired) electrons. The number of likely N-dealkylation sites (N-methyl/N-ethyl adjacent to an activating group) is 1. The number of hydrogen-bond acceptors (Lipinski definition) is 2. The van der Waals surface area contributed by atoms with E-state index in [1.54, 1.807) is 0 Å². The van der Waals surface area contributed by atoms with Crippen molar-refractivity contribution in [1.29, 1.82) is 0 Å². The molecular weight excluding hydrogens is 262 g/mol. The molecule has 0 heterocycles. The number of ether oxygens (including phenoxy) is 1. The van der Waals surface area contributed by atoms with Crippen LogP contribution in [0.15, 0.2) is 30.3 Å². The summed E-state index contributed by atoms with van der Waals surface area (Å²) in [7, 11) is 1.89. The van der Waals surface area contributed by atoms with Gasteiger partial charge in [0.05, 0.1) is 6.54 Å². The summed E-state index contributed by atoms with van der Waals surface area (Å²) in [6, 6.07) is 9.77. The van der Waals surface area contributed by atoms with Gasteiger partial charge in [-0.1, -0.05) is 24.6 Å². The van der Waals surface area contributed by atoms with Crippen LogP contribution in [0.2, 0.25) is 0 Å². The zero-order valence-corrected chi connectivity index (χ0v) is 12.8. The highest BCUT2D eigenvalue weighted by Gasteiger charge is 2.40. The molecule has 0 aromatic heterocycles. The Kier molecular flexibility index (Phi) is 4.47. The Morgan fingerprint density at radius 2 is 2.05 bits per heavy atom. The first kappa shape index (κ1) is 14.4. The van der Waals surface area contributed by atoms with Gasteiger partial charge in [0.1, 0.15) is 12.4 Å². The first-order valence-electron chi connectivity index (χ1n) is 8.14. The van der Waals surface area contributed by atoms with E-state index in [9.17, 15) is 4.79 Å². The Morgan fingerprint density at radius 3 is 2.71 bits per heavy atom. The van der Waals surface area contributed by atoms with Crippen LogP contribution in [0, 0.1) is 17.8 Å². The van der Waals surface area contributed by atoms with Gasteiger partial charge in [0.15, 0.2) is 0 Å². The smallest absolute Gasteiger partial charge is 0.222 e. The van der Waals surface area contributed by atoms with Crippen LogP contribution in [0.4, 0.5) is 0 Å². The zero-order valence-electron chi connectivity index (χ0n) is 12.8. The maximum atomic E-state index is 12.3. The van der Waals surface area contributed by atoms with Gasteiger partial charge in [-0.25, -0.2) is 0 Å². The Bertz CT molecular complexity index is 473. The fourth-order valence-electron chi connectivity index (χ4n) is 3.95. The van der Waals surface area contributed by atoms with Crippen molar-refractivity contribution in [3.63, 3.8) is 0 Å². The predicted octanol–water partition coefficient (Wildman–Crippen LogP) is 3.35. The standard InChI is InChI=1S/C18H25NO2/c1-19(9-10-21-17-5-3-2-4-6-17)18(20)13-16-12-14-7-8-15(16)11-14/h2-6,14-16H,7-13H2,1H3. The van der Waals surface area contributed by atoms with E-state index >= 15 is 0 Å². The van der Waals surface area contributed by atoms with Gasteiger partial charge in [0, 0.05) is 13.5 Å². The molecule has 0 spiro atoms. The molecule has 3 nitrogen and oxygen atoms in total. The number of hydrogen-bond donors (Lipinski definition) is 0. The van der Waals surface area contributed by atoms with E-state index in [0.717, 1.165) is 24.0 Å². The van der Waals surface area contributed by atoms with Crippen LogP contribution in [0.3, 0.4) is 0 Å². The van der Waals surface area contributed by atoms with Gasteiger partial charge >= 0.3 is 0 Å². The molecule has 1 amide bonds. The van der Waals surface area contributed by atoms with Gasteiger partial charge in [-0.3, -0.25) is 4.79 Å². The molecular formula is C18H25NO2. The molecule has 2 aliphatic carbocycles. The molecule has 3 atom stereocenters. The van der Waals surface area contributed by atoms with Gasteiger partial charge in [0.2, 0.25) is 5.91 Å². The van der Waals surface area contributed by atoms with E-state index in [4.69, 9.17) is 4.74 Å². The van der Waals surface area contributed by atoms with Crippen molar-refractivity contribution < 1.29 is 9.53 Å². The summed E-state index contributed by atoms with van der Waals surface area (Å²) in [6.45, 7) is 1.22. The Labute approximate surface area is 127 Å². The minimum absolute atomic E-state index is 0.282. The highest BCUT2D eigenvalue weighted by molar-refractivity contribution is 5.76. The number of para-hydroxylation sites is 1. The molecule has 114 valence electrons. The Morgan fingerprint density at radius 1 is 1.24 bits per heavy atom. The summed E-state index contributed by atoms with van der Waals surface area (Å²) in [5.41, 5.74) is 0. The fourth-order valence-corrected chi connectivity index (χ4v) is 3.95. The summed E-state index contributed by atoms with van der Waals surface area (Å²) in [5.74, 6) is 3.54. The lowest BCUT2D eigenvalue weighted by molar-refractivity contribution is -0.131. The lowest BCUT2D eigenvalue weighted by atomic mass is 9.86. The lowest BCUT2D eigenvalue weighted by Gasteiger charge is -2.24. The molecule has 2 aliphatic rings. The van der Waals surface area contributed by atoms with E-state index in [1.807, 2.05) is 42.3 Å². The first-order chi connectivity index (χ1) is 10.2. The van der Waals surface area contributed by atoms with Crippen molar-refractivity contribution in [1.82, 2.24) is 4.90 Å². The van der Waals surface area contributed by atoms with Crippen molar-refractivity contribution in [2.45, 2.75) is 32.1 Å². The topological polar surface area (TPSA) is 29.5 Å². The molecule has 2 saturated carbocycles. The summed E-state index contributed by atoms with van der Waals surface area (Å²) >= 11 is 0. The Balaban J connectivity index is 1.38. The average Bonchev–Trinajstić information content (AvgIpc) is 3.11. The van der Waals surface area contributed by atoms with E-state index in [1.165, 1.54) is 25.7 Å². The van der Waals surface area contributed by atoms with Gasteiger partial charge in [0.25, 0.3) is 0 Å². The minimum atomic E-state index is 0.282. The third-order valence-corrected chi connectivity index (χ3v) is 5.19. The third kappa shape index (κ3) is 3.58. The molecule has 3 rings (SSSR count). The number of carbonyl (C=O) groups is 1. The number of rotatable bonds is 6. The SMILES string of the molecule is CN(CCOc1ccccc1)C(=O)CC1CC2CCC1C2. The molecule has 3 heteroatoms. The van der Waals surface area contributed by atoms with E-state index < -0.39 is 0 Å². The highest BCUT2D eigenvalue weighted by Crippen LogP contribution is 2.49. The highest BCUT2D eigenvalue weighted by atomic mass is 16.5. The predicted molar refractivity (Wildman–Crippen MR) is 83.1 cm³/mol. The number of benzene rings is 1. The second-order valence-electron chi connectivity index (χ2n) is 6.62. The van der Waals surface area contributed by atoms with Crippen LogP contribution in [0.5, 0.6) is 5.75 Å². The maximum Gasteiger partial charge on any atom is 0.222 e. The molecule has 0 N–H and O–H groups in total. The van der Waals surface area contributed by atoms with E-state index in [-0.39, 0.29) is 5.91 Å². The normalized spacial score (nSPS) is 26.8. The van der Waals surface area contributed by atoms with Crippen molar-refractivity contribution in [2.75, 3.05) is 20.2 Å². The fraction of sp³-hybridized carbons (Fsp3) is 0.611. The summed E-state index contributed by atoms with van der Waals surface area (Å²) in [5, 5.41) is 0. The molecule has 3 unspecified atom stereocenters. The number of nitrogens with zero attached hydrogens (tertiary/aromatic N) is 1. The van der Waals surface area contributed by atoms with Crippen LogP contribution in [0.1, 0.15) is 32.1 Å². The summed E-state index contributed by atoms with van der Waals surface area (Å²) in [4.78, 5) is 14.1. The molecule has 2 fully saturated rings. The average molecular weight is 287 g/mol. The number of amides is 1. The molecule has 21 heavy (non-hydrogen) atoms. The molecule has 2 bridgehead atoms. The monoisotopic (exact) mass is 287 g/mol. The minimum Gasteiger partial charge on any atom is -0.492 e. The van der Waals surface area contributed by atoms with Crippen LogP contribution in [-0.4, -0.2) is 31.0 Å². The summed E-state index contributed by atoms with van der Waals surface area (Å²) in [6.07, 6.45) is 6.14. The van der Waals surface area contributed by atoms with Gasteiger partial charge < -0.3 is 9.64 Å². The van der Waals surface area contributed by atoms with Crippen LogP contribution in [-0.2, 0) is 4.79 Å². The van der Waals surface area contributed by atoms with Crippen molar-refractivity contribution in [2.24, 2.45) is 17.8 Å². The van der Waals surface area contributed by atoms with E-state index in [0.29, 0.717) is 19.1 Å². The maximum absolute atomic E-state index is 12.3. The Hall–Kier alpha value is -1.51. The molecule has 1 aromatic rings. The second kappa shape index (κ2) is 6.50. The molecule has 0 aliphatic heterocycles. The first-order valence-corrected chi connectivity index (χ1v) is 8.14. The van der Waals surface area contributed by atoms with Crippen molar-refractivity contribution in [3.8, 4) is 5.75 Å². The largest absolute Gasteiger partial charge is 0.492 e. The van der Waals surface area contributed by atoms with Crippen molar-refractivity contribution >= 4 is 5.91 Å². The third-order valence-electron chi connectivity index (χ3n) is 5.19. The quantitative estimate of drug-likeness (QED) is 0.803. The number of carbonyl (C=O) groups excluding carboxylic acids is 1.